The third-order valence-electron chi connectivity index (χ3n) is 5.88. The number of anilines is 1. The third-order valence-corrected chi connectivity index (χ3v) is 5.88. The van der Waals surface area contributed by atoms with Gasteiger partial charge in [0.2, 0.25) is 0 Å². The average molecular weight is 330 g/mol. The molecule has 2 N–H and O–H groups in total. The first-order valence-electron chi connectivity index (χ1n) is 8.99. The standard InChI is InChI=1S/C18H26N4O2/c1-11-12(2)22(13-5-3-4-6-13)18-16(11)17(19-10-20-18)21-8-15(24)7-14(21)9-23/h10,13-15,23-24H,3-9H2,1-2H3/t14-,15-/m0/s1. The number of aryl methyl sites for hydroxylation is 1. The molecule has 2 fully saturated rings. The number of β-amino-alcohol motifs (C(OH)–C–C–N with tert-alkyl or cyclic N) is 1. The van der Waals surface area contributed by atoms with Crippen molar-refractivity contribution in [2.45, 2.75) is 64.1 Å². The van der Waals surface area contributed by atoms with Crippen molar-refractivity contribution < 1.29 is 10.2 Å². The Morgan fingerprint density at radius 2 is 1.96 bits per heavy atom. The molecule has 1 aliphatic heterocycles. The van der Waals surface area contributed by atoms with Crippen LogP contribution in [0.3, 0.4) is 0 Å². The van der Waals surface area contributed by atoms with E-state index >= 15 is 0 Å². The number of rotatable bonds is 3. The Balaban J connectivity index is 1.87. The third kappa shape index (κ3) is 2.31. The Morgan fingerprint density at radius 1 is 1.21 bits per heavy atom. The number of aliphatic hydroxyl groups is 2. The number of aliphatic hydroxyl groups excluding tert-OH is 2. The van der Waals surface area contributed by atoms with E-state index in [-0.39, 0.29) is 12.6 Å². The van der Waals surface area contributed by atoms with Gasteiger partial charge in [0.05, 0.1) is 24.1 Å². The molecule has 24 heavy (non-hydrogen) atoms. The van der Waals surface area contributed by atoms with Crippen LogP contribution in [0, 0.1) is 13.8 Å². The molecule has 4 rings (SSSR count). The molecule has 0 unspecified atom stereocenters. The molecule has 0 spiro atoms. The molecule has 3 heterocycles. The van der Waals surface area contributed by atoms with Crippen molar-refractivity contribution in [2.75, 3.05) is 18.1 Å². The maximum atomic E-state index is 10.0. The summed E-state index contributed by atoms with van der Waals surface area (Å²) in [5, 5.41) is 20.8. The van der Waals surface area contributed by atoms with Crippen LogP contribution in [0.4, 0.5) is 5.82 Å². The first-order valence-corrected chi connectivity index (χ1v) is 8.99. The van der Waals surface area contributed by atoms with Crippen LogP contribution in [0.1, 0.15) is 49.4 Å². The summed E-state index contributed by atoms with van der Waals surface area (Å²) in [6.45, 7) is 4.85. The van der Waals surface area contributed by atoms with E-state index < -0.39 is 6.10 Å². The number of nitrogens with zero attached hydrogens (tertiary/aromatic N) is 4. The van der Waals surface area contributed by atoms with E-state index in [9.17, 15) is 10.2 Å². The summed E-state index contributed by atoms with van der Waals surface area (Å²) in [6.07, 6.45) is 6.79. The highest BCUT2D eigenvalue weighted by molar-refractivity contribution is 5.92. The van der Waals surface area contributed by atoms with Gasteiger partial charge in [-0.1, -0.05) is 12.8 Å². The van der Waals surface area contributed by atoms with Crippen molar-refractivity contribution in [1.82, 2.24) is 14.5 Å². The van der Waals surface area contributed by atoms with E-state index in [2.05, 4.69) is 33.3 Å². The molecule has 0 bridgehead atoms. The van der Waals surface area contributed by atoms with Gasteiger partial charge in [-0.3, -0.25) is 0 Å². The van der Waals surface area contributed by atoms with Crippen molar-refractivity contribution >= 4 is 16.9 Å². The van der Waals surface area contributed by atoms with Crippen molar-refractivity contribution in [3.63, 3.8) is 0 Å². The lowest BCUT2D eigenvalue weighted by molar-refractivity contribution is 0.184. The van der Waals surface area contributed by atoms with Crippen LogP contribution >= 0.6 is 0 Å². The zero-order chi connectivity index (χ0) is 16.8. The minimum Gasteiger partial charge on any atom is -0.394 e. The SMILES string of the molecule is Cc1c(C)n(C2CCCC2)c2ncnc(N3C[C@@H](O)C[C@H]3CO)c12. The zero-order valence-electron chi connectivity index (χ0n) is 14.4. The van der Waals surface area contributed by atoms with Crippen LogP contribution in [0.15, 0.2) is 6.33 Å². The minimum atomic E-state index is -0.412. The fourth-order valence-electron chi connectivity index (χ4n) is 4.56. The fraction of sp³-hybridized carbons (Fsp3) is 0.667. The first kappa shape index (κ1) is 15.8. The summed E-state index contributed by atoms with van der Waals surface area (Å²) >= 11 is 0. The van der Waals surface area contributed by atoms with Crippen molar-refractivity contribution in [3.8, 4) is 0 Å². The lowest BCUT2D eigenvalue weighted by Gasteiger charge is -2.24. The van der Waals surface area contributed by atoms with E-state index in [1.807, 2.05) is 0 Å². The van der Waals surface area contributed by atoms with E-state index in [0.29, 0.717) is 19.0 Å². The van der Waals surface area contributed by atoms with Crippen LogP contribution in [-0.4, -0.2) is 50.0 Å². The molecule has 2 atom stereocenters. The predicted octanol–water partition coefficient (Wildman–Crippen LogP) is 2.10. The molecule has 2 aromatic heterocycles. The molecule has 2 aliphatic rings. The summed E-state index contributed by atoms with van der Waals surface area (Å²) in [4.78, 5) is 11.2. The lowest BCUT2D eigenvalue weighted by Crippen LogP contribution is -2.33. The maximum absolute atomic E-state index is 10.0. The monoisotopic (exact) mass is 330 g/mol. The highest BCUT2D eigenvalue weighted by Gasteiger charge is 2.34. The molecule has 2 aromatic rings. The zero-order valence-corrected chi connectivity index (χ0v) is 14.4. The summed E-state index contributed by atoms with van der Waals surface area (Å²) in [5.41, 5.74) is 3.48. The van der Waals surface area contributed by atoms with Gasteiger partial charge in [0.25, 0.3) is 0 Å². The van der Waals surface area contributed by atoms with Gasteiger partial charge in [-0.25, -0.2) is 9.97 Å². The molecule has 0 amide bonds. The Hall–Kier alpha value is -1.66. The predicted molar refractivity (Wildman–Crippen MR) is 93.4 cm³/mol. The van der Waals surface area contributed by atoms with E-state index in [1.54, 1.807) is 6.33 Å². The lowest BCUT2D eigenvalue weighted by atomic mass is 10.2. The second kappa shape index (κ2) is 6.01. The average Bonchev–Trinajstić information content (AvgIpc) is 3.27. The summed E-state index contributed by atoms with van der Waals surface area (Å²) in [5.74, 6) is 0.855. The van der Waals surface area contributed by atoms with Crippen LogP contribution in [0.25, 0.3) is 11.0 Å². The molecule has 0 aromatic carbocycles. The molecule has 6 heteroatoms. The normalized spacial score (nSPS) is 25.2. The van der Waals surface area contributed by atoms with Gasteiger partial charge in [-0.2, -0.15) is 0 Å². The smallest absolute Gasteiger partial charge is 0.146 e. The van der Waals surface area contributed by atoms with Crippen molar-refractivity contribution in [1.29, 1.82) is 0 Å². The molecule has 0 radical (unpaired) electrons. The Bertz CT molecular complexity index is 751. The second-order valence-corrected chi connectivity index (χ2v) is 7.29. The van der Waals surface area contributed by atoms with Crippen molar-refractivity contribution in [2.24, 2.45) is 0 Å². The van der Waals surface area contributed by atoms with Gasteiger partial charge in [0, 0.05) is 18.3 Å². The van der Waals surface area contributed by atoms with Crippen LogP contribution in [-0.2, 0) is 0 Å². The summed E-state index contributed by atoms with van der Waals surface area (Å²) in [6, 6.07) is 0.453. The van der Waals surface area contributed by atoms with Crippen LogP contribution in [0.2, 0.25) is 0 Å². The van der Waals surface area contributed by atoms with E-state index in [4.69, 9.17) is 0 Å². The number of aromatic nitrogens is 3. The number of fused-ring (bicyclic) bond motifs is 1. The topological polar surface area (TPSA) is 74.4 Å². The second-order valence-electron chi connectivity index (χ2n) is 7.29. The maximum Gasteiger partial charge on any atom is 0.146 e. The van der Waals surface area contributed by atoms with Gasteiger partial charge in [0.1, 0.15) is 17.8 Å². The highest BCUT2D eigenvalue weighted by atomic mass is 16.3. The largest absolute Gasteiger partial charge is 0.394 e. The summed E-state index contributed by atoms with van der Waals surface area (Å²) in [7, 11) is 0. The molecule has 130 valence electrons. The van der Waals surface area contributed by atoms with E-state index in [1.165, 1.54) is 36.9 Å². The van der Waals surface area contributed by atoms with Gasteiger partial charge in [-0.05, 0) is 38.7 Å². The minimum absolute atomic E-state index is 0.0317. The van der Waals surface area contributed by atoms with Gasteiger partial charge in [0.15, 0.2) is 0 Å². The number of hydrogen-bond donors (Lipinski definition) is 2. The van der Waals surface area contributed by atoms with Crippen molar-refractivity contribution in [3.05, 3.63) is 17.6 Å². The van der Waals surface area contributed by atoms with Crippen LogP contribution < -0.4 is 4.90 Å². The molecule has 1 saturated heterocycles. The highest BCUT2D eigenvalue weighted by Crippen LogP contribution is 2.39. The quantitative estimate of drug-likeness (QED) is 0.901. The number of hydrogen-bond acceptors (Lipinski definition) is 5. The Morgan fingerprint density at radius 3 is 2.67 bits per heavy atom. The van der Waals surface area contributed by atoms with Gasteiger partial charge >= 0.3 is 0 Å². The molecule has 1 aliphatic carbocycles. The Kier molecular flexibility index (Phi) is 3.96. The molecule has 1 saturated carbocycles. The first-order chi connectivity index (χ1) is 11.6. The van der Waals surface area contributed by atoms with Gasteiger partial charge in [-0.15, -0.1) is 0 Å². The van der Waals surface area contributed by atoms with Gasteiger partial charge < -0.3 is 19.7 Å². The van der Waals surface area contributed by atoms with E-state index in [0.717, 1.165) is 16.9 Å². The fourth-order valence-corrected chi connectivity index (χ4v) is 4.56. The Labute approximate surface area is 142 Å². The molecular weight excluding hydrogens is 304 g/mol. The molecular formula is C18H26N4O2. The van der Waals surface area contributed by atoms with Crippen LogP contribution in [0.5, 0.6) is 0 Å². The summed E-state index contributed by atoms with van der Waals surface area (Å²) < 4.78 is 2.39. The molecule has 6 nitrogen and oxygen atoms in total.